The van der Waals surface area contributed by atoms with Gasteiger partial charge >= 0.3 is 0 Å². The molecule has 1 aliphatic rings. The van der Waals surface area contributed by atoms with E-state index < -0.39 is 0 Å². The highest BCUT2D eigenvalue weighted by atomic mass is 15.1. The Morgan fingerprint density at radius 3 is 3.06 bits per heavy atom. The highest BCUT2D eigenvalue weighted by Crippen LogP contribution is 2.27. The van der Waals surface area contributed by atoms with Gasteiger partial charge in [0.25, 0.3) is 0 Å². The largest absolute Gasteiger partial charge is 0.374 e. The molecule has 1 N–H and O–H groups in total. The zero-order valence-electron chi connectivity index (χ0n) is 11.1. The number of nitrogens with one attached hydrogen (secondary N) is 1. The van der Waals surface area contributed by atoms with Crippen LogP contribution in [0.3, 0.4) is 0 Å². The standard InChI is InChI=1S/C15H22N2/c1-4-16-11-12(2)9-13-5-6-15-14(10-13)7-8-17(15)3/h5-6,9-10,16H,4,7-8,11H2,1-3H3. The number of nitrogens with zero attached hydrogens (tertiary/aromatic N) is 1. The lowest BCUT2D eigenvalue weighted by atomic mass is 10.1. The molecule has 2 rings (SSSR count). The molecule has 1 aromatic rings. The average molecular weight is 230 g/mol. The molecular formula is C15H22N2. The maximum absolute atomic E-state index is 3.35. The van der Waals surface area contributed by atoms with Gasteiger partial charge in [-0.3, -0.25) is 0 Å². The molecule has 0 aromatic heterocycles. The zero-order chi connectivity index (χ0) is 12.3. The van der Waals surface area contributed by atoms with Crippen LogP contribution in [0.2, 0.25) is 0 Å². The van der Waals surface area contributed by atoms with Crippen molar-refractivity contribution < 1.29 is 0 Å². The molecule has 1 aliphatic heterocycles. The van der Waals surface area contributed by atoms with Gasteiger partial charge in [-0.25, -0.2) is 0 Å². The first-order chi connectivity index (χ1) is 8.20. The van der Waals surface area contributed by atoms with E-state index in [0.29, 0.717) is 0 Å². The Morgan fingerprint density at radius 1 is 1.47 bits per heavy atom. The quantitative estimate of drug-likeness (QED) is 0.855. The van der Waals surface area contributed by atoms with E-state index in [0.717, 1.165) is 19.6 Å². The molecule has 0 fully saturated rings. The molecule has 0 saturated heterocycles. The molecule has 0 radical (unpaired) electrons. The van der Waals surface area contributed by atoms with E-state index in [4.69, 9.17) is 0 Å². The lowest BCUT2D eigenvalue weighted by Gasteiger charge is -2.11. The summed E-state index contributed by atoms with van der Waals surface area (Å²) in [5, 5.41) is 3.35. The van der Waals surface area contributed by atoms with Crippen LogP contribution in [0.4, 0.5) is 5.69 Å². The van der Waals surface area contributed by atoms with Crippen molar-refractivity contribution in [3.63, 3.8) is 0 Å². The van der Waals surface area contributed by atoms with Crippen molar-refractivity contribution >= 4 is 11.8 Å². The second kappa shape index (κ2) is 5.37. The monoisotopic (exact) mass is 230 g/mol. The van der Waals surface area contributed by atoms with Crippen molar-refractivity contribution in [1.82, 2.24) is 5.32 Å². The molecule has 2 heteroatoms. The molecule has 1 aromatic carbocycles. The zero-order valence-corrected chi connectivity index (χ0v) is 11.1. The summed E-state index contributed by atoms with van der Waals surface area (Å²) < 4.78 is 0. The Labute approximate surface area is 104 Å². The molecule has 0 spiro atoms. The van der Waals surface area contributed by atoms with Crippen molar-refractivity contribution in [1.29, 1.82) is 0 Å². The number of hydrogen-bond acceptors (Lipinski definition) is 2. The number of fused-ring (bicyclic) bond motifs is 1. The Kier molecular flexibility index (Phi) is 3.85. The normalized spacial score (nSPS) is 15.2. The Morgan fingerprint density at radius 2 is 2.29 bits per heavy atom. The van der Waals surface area contributed by atoms with Crippen molar-refractivity contribution in [3.8, 4) is 0 Å². The van der Waals surface area contributed by atoms with E-state index in [9.17, 15) is 0 Å². The third-order valence-corrected chi connectivity index (χ3v) is 3.30. The third kappa shape index (κ3) is 2.89. The molecule has 92 valence electrons. The molecule has 17 heavy (non-hydrogen) atoms. The summed E-state index contributed by atoms with van der Waals surface area (Å²) >= 11 is 0. The van der Waals surface area contributed by atoms with Crippen LogP contribution in [0.15, 0.2) is 23.8 Å². The maximum Gasteiger partial charge on any atom is 0.0397 e. The highest BCUT2D eigenvalue weighted by Gasteiger charge is 2.14. The lowest BCUT2D eigenvalue weighted by Crippen LogP contribution is -2.14. The van der Waals surface area contributed by atoms with E-state index in [2.05, 4.69) is 55.4 Å². The van der Waals surface area contributed by atoms with Gasteiger partial charge in [-0.1, -0.05) is 24.6 Å². The highest BCUT2D eigenvalue weighted by molar-refractivity contribution is 5.64. The van der Waals surface area contributed by atoms with Crippen molar-refractivity contribution in [2.24, 2.45) is 0 Å². The average Bonchev–Trinajstić information content (AvgIpc) is 2.68. The molecule has 0 atom stereocenters. The number of benzene rings is 1. The van der Waals surface area contributed by atoms with Crippen LogP contribution in [0, 0.1) is 0 Å². The SMILES string of the molecule is CCNCC(C)=Cc1ccc2c(c1)CCN2C. The molecule has 0 bridgehead atoms. The summed E-state index contributed by atoms with van der Waals surface area (Å²) in [6, 6.07) is 6.79. The van der Waals surface area contributed by atoms with Crippen molar-refractivity contribution in [2.45, 2.75) is 20.3 Å². The van der Waals surface area contributed by atoms with Gasteiger partial charge < -0.3 is 10.2 Å². The summed E-state index contributed by atoms with van der Waals surface area (Å²) in [7, 11) is 2.16. The molecule has 0 saturated carbocycles. The number of anilines is 1. The molecule has 0 unspecified atom stereocenters. The second-order valence-corrected chi connectivity index (χ2v) is 4.83. The summed E-state index contributed by atoms with van der Waals surface area (Å²) in [5.74, 6) is 0. The fourth-order valence-electron chi connectivity index (χ4n) is 2.33. The first kappa shape index (κ1) is 12.2. The second-order valence-electron chi connectivity index (χ2n) is 4.83. The molecule has 2 nitrogen and oxygen atoms in total. The van der Waals surface area contributed by atoms with Gasteiger partial charge in [0.1, 0.15) is 0 Å². The Hall–Kier alpha value is -1.28. The number of likely N-dealkylation sites (N-methyl/N-ethyl adjacent to an activating group) is 2. The maximum atomic E-state index is 3.35. The summed E-state index contributed by atoms with van der Waals surface area (Å²) in [4.78, 5) is 2.33. The fourth-order valence-corrected chi connectivity index (χ4v) is 2.33. The van der Waals surface area contributed by atoms with E-state index in [1.807, 2.05) is 0 Å². The fraction of sp³-hybridized carbons (Fsp3) is 0.467. The van der Waals surface area contributed by atoms with Gasteiger partial charge in [-0.05, 0) is 43.1 Å². The van der Waals surface area contributed by atoms with Gasteiger partial charge in [0.15, 0.2) is 0 Å². The van der Waals surface area contributed by atoms with E-state index >= 15 is 0 Å². The summed E-state index contributed by atoms with van der Waals surface area (Å²) in [6.45, 7) is 7.48. The van der Waals surface area contributed by atoms with Gasteiger partial charge in [0.2, 0.25) is 0 Å². The van der Waals surface area contributed by atoms with Crippen LogP contribution in [-0.2, 0) is 6.42 Å². The van der Waals surface area contributed by atoms with Crippen molar-refractivity contribution in [2.75, 3.05) is 31.6 Å². The molecule has 1 heterocycles. The lowest BCUT2D eigenvalue weighted by molar-refractivity contribution is 0.778. The predicted octanol–water partition coefficient (Wildman–Crippen LogP) is 2.69. The molecule has 0 aliphatic carbocycles. The molecular weight excluding hydrogens is 208 g/mol. The van der Waals surface area contributed by atoms with E-state index in [1.54, 1.807) is 0 Å². The summed E-state index contributed by atoms with van der Waals surface area (Å²) in [5.41, 5.74) is 5.59. The number of rotatable bonds is 4. The van der Waals surface area contributed by atoms with E-state index in [-0.39, 0.29) is 0 Å². The molecule has 0 amide bonds. The first-order valence-corrected chi connectivity index (χ1v) is 6.42. The van der Waals surface area contributed by atoms with E-state index in [1.165, 1.54) is 28.8 Å². The Balaban J connectivity index is 2.13. The third-order valence-electron chi connectivity index (χ3n) is 3.30. The van der Waals surface area contributed by atoms with Crippen LogP contribution in [0.5, 0.6) is 0 Å². The predicted molar refractivity (Wildman–Crippen MR) is 75.6 cm³/mol. The van der Waals surface area contributed by atoms with Crippen LogP contribution < -0.4 is 10.2 Å². The first-order valence-electron chi connectivity index (χ1n) is 6.42. The van der Waals surface area contributed by atoms with Gasteiger partial charge in [-0.15, -0.1) is 0 Å². The minimum atomic E-state index is 0.980. The van der Waals surface area contributed by atoms with Crippen LogP contribution in [0.1, 0.15) is 25.0 Å². The minimum absolute atomic E-state index is 0.980. The van der Waals surface area contributed by atoms with Crippen LogP contribution in [0.25, 0.3) is 6.08 Å². The Bertz CT molecular complexity index is 421. The van der Waals surface area contributed by atoms with Gasteiger partial charge in [0.05, 0.1) is 0 Å². The van der Waals surface area contributed by atoms with Crippen LogP contribution >= 0.6 is 0 Å². The summed E-state index contributed by atoms with van der Waals surface area (Å²) in [6.07, 6.45) is 3.46. The minimum Gasteiger partial charge on any atom is -0.374 e. The topological polar surface area (TPSA) is 15.3 Å². The number of hydrogen-bond donors (Lipinski definition) is 1. The van der Waals surface area contributed by atoms with Crippen molar-refractivity contribution in [3.05, 3.63) is 34.9 Å². The smallest absolute Gasteiger partial charge is 0.0397 e. The van der Waals surface area contributed by atoms with Crippen LogP contribution in [-0.4, -0.2) is 26.7 Å². The van der Waals surface area contributed by atoms with Gasteiger partial charge in [0, 0.05) is 25.8 Å². The van der Waals surface area contributed by atoms with Gasteiger partial charge in [-0.2, -0.15) is 0 Å².